The number of allylic oxidation sites excluding steroid dienone is 8. The molecule has 0 amide bonds. The van der Waals surface area contributed by atoms with Crippen molar-refractivity contribution < 1.29 is 0 Å². The van der Waals surface area contributed by atoms with Crippen LogP contribution in [0.15, 0.2) is 66.4 Å². The van der Waals surface area contributed by atoms with Gasteiger partial charge >= 0.3 is 0 Å². The van der Waals surface area contributed by atoms with E-state index in [4.69, 9.17) is 4.98 Å². The van der Waals surface area contributed by atoms with Gasteiger partial charge in [-0.3, -0.25) is 0 Å². The largest absolute Gasteiger partial charge is 0.370 e. The molecule has 1 heterocycles. The fraction of sp³-hybridized carbons (Fsp3) is 0.444. The van der Waals surface area contributed by atoms with Crippen molar-refractivity contribution in [1.29, 1.82) is 0 Å². The van der Waals surface area contributed by atoms with E-state index >= 15 is 0 Å². The van der Waals surface area contributed by atoms with Crippen LogP contribution in [0.4, 0.5) is 5.82 Å². The molecule has 0 spiro atoms. The van der Waals surface area contributed by atoms with Crippen LogP contribution in [-0.4, -0.2) is 11.5 Å². The normalized spacial score (nSPS) is 19.4. The zero-order chi connectivity index (χ0) is 21.4. The average Bonchev–Trinajstić information content (AvgIpc) is 2.74. The van der Waals surface area contributed by atoms with Crippen LogP contribution in [0.1, 0.15) is 65.0 Å². The second kappa shape index (κ2) is 11.0. The predicted octanol–water partition coefficient (Wildman–Crippen LogP) is 7.53. The molecular formula is C27H38N2. The molecular weight excluding hydrogens is 352 g/mol. The number of rotatable bonds is 10. The van der Waals surface area contributed by atoms with Crippen LogP contribution < -0.4 is 5.32 Å². The first-order valence-corrected chi connectivity index (χ1v) is 11.1. The molecule has 156 valence electrons. The highest BCUT2D eigenvalue weighted by atomic mass is 15.0. The molecule has 0 bridgehead atoms. The lowest BCUT2D eigenvalue weighted by atomic mass is 9.71. The fourth-order valence-corrected chi connectivity index (χ4v) is 4.29. The number of hydrogen-bond donors (Lipinski definition) is 1. The molecule has 2 unspecified atom stereocenters. The third kappa shape index (κ3) is 5.18. The summed E-state index contributed by atoms with van der Waals surface area (Å²) < 4.78 is 0. The first-order chi connectivity index (χ1) is 14.0. The third-order valence-corrected chi connectivity index (χ3v) is 6.06. The van der Waals surface area contributed by atoms with E-state index < -0.39 is 0 Å². The fourth-order valence-electron chi connectivity index (χ4n) is 4.29. The maximum atomic E-state index is 4.70. The first-order valence-electron chi connectivity index (χ1n) is 11.1. The molecule has 2 heteroatoms. The molecule has 1 aromatic heterocycles. The Bertz CT molecular complexity index is 823. The first kappa shape index (κ1) is 22.9. The summed E-state index contributed by atoms with van der Waals surface area (Å²) in [6.45, 7) is 20.4. The summed E-state index contributed by atoms with van der Waals surface area (Å²) in [4.78, 5) is 4.70. The molecule has 1 aromatic rings. The van der Waals surface area contributed by atoms with Crippen LogP contribution in [0.2, 0.25) is 0 Å². The van der Waals surface area contributed by atoms with Crippen molar-refractivity contribution in [2.75, 3.05) is 11.9 Å². The number of aromatic nitrogens is 1. The van der Waals surface area contributed by atoms with Crippen molar-refractivity contribution in [3.05, 3.63) is 77.6 Å². The van der Waals surface area contributed by atoms with E-state index in [0.29, 0.717) is 11.8 Å². The van der Waals surface area contributed by atoms with Crippen molar-refractivity contribution >= 4 is 11.4 Å². The number of nitrogens with one attached hydrogen (secondary N) is 1. The SMILES string of the molecule is C=CCC1C(c2cnc(NCCC)cc2CC)=CC=C(C(=C)/C(=C\C)CC)C1C. The molecule has 0 radical (unpaired) electrons. The van der Waals surface area contributed by atoms with Crippen molar-refractivity contribution in [3.63, 3.8) is 0 Å². The van der Waals surface area contributed by atoms with E-state index in [1.54, 1.807) is 0 Å². The third-order valence-electron chi connectivity index (χ3n) is 6.06. The molecule has 0 saturated heterocycles. The lowest BCUT2D eigenvalue weighted by Gasteiger charge is -2.33. The Morgan fingerprint density at radius 2 is 2.00 bits per heavy atom. The molecule has 2 rings (SSSR count). The summed E-state index contributed by atoms with van der Waals surface area (Å²) in [7, 11) is 0. The molecule has 0 saturated carbocycles. The van der Waals surface area contributed by atoms with E-state index in [1.165, 1.54) is 33.4 Å². The van der Waals surface area contributed by atoms with Gasteiger partial charge < -0.3 is 5.32 Å². The Morgan fingerprint density at radius 1 is 1.24 bits per heavy atom. The Hall–Kier alpha value is -2.35. The number of aryl methyl sites for hydroxylation is 1. The van der Waals surface area contributed by atoms with Crippen LogP contribution in [0.3, 0.4) is 0 Å². The van der Waals surface area contributed by atoms with Crippen molar-refractivity contribution in [2.24, 2.45) is 11.8 Å². The Balaban J connectivity index is 2.49. The zero-order valence-corrected chi connectivity index (χ0v) is 19.0. The molecule has 1 N–H and O–H groups in total. The quantitative estimate of drug-likeness (QED) is 0.330. The molecule has 0 aliphatic heterocycles. The molecule has 1 aliphatic rings. The van der Waals surface area contributed by atoms with Crippen molar-refractivity contribution in [2.45, 2.75) is 60.3 Å². The van der Waals surface area contributed by atoms with Gasteiger partial charge in [-0.2, -0.15) is 0 Å². The second-order valence-electron chi connectivity index (χ2n) is 7.82. The van der Waals surface area contributed by atoms with Gasteiger partial charge in [0.05, 0.1) is 0 Å². The van der Waals surface area contributed by atoms with Crippen molar-refractivity contribution in [3.8, 4) is 0 Å². The molecule has 1 aliphatic carbocycles. The lowest BCUT2D eigenvalue weighted by Crippen LogP contribution is -2.20. The zero-order valence-electron chi connectivity index (χ0n) is 19.0. The van der Waals surface area contributed by atoms with E-state index in [9.17, 15) is 0 Å². The average molecular weight is 391 g/mol. The van der Waals surface area contributed by atoms with Gasteiger partial charge in [-0.05, 0) is 83.9 Å². The van der Waals surface area contributed by atoms with Gasteiger partial charge in [-0.15, -0.1) is 6.58 Å². The summed E-state index contributed by atoms with van der Waals surface area (Å²) >= 11 is 0. The number of anilines is 1. The van der Waals surface area contributed by atoms with Gasteiger partial charge in [0.2, 0.25) is 0 Å². The monoisotopic (exact) mass is 390 g/mol. The van der Waals surface area contributed by atoms with Crippen LogP contribution >= 0.6 is 0 Å². The maximum Gasteiger partial charge on any atom is 0.126 e. The summed E-state index contributed by atoms with van der Waals surface area (Å²) in [5.41, 5.74) is 7.86. The van der Waals surface area contributed by atoms with Gasteiger partial charge in [0.15, 0.2) is 0 Å². The van der Waals surface area contributed by atoms with Gasteiger partial charge in [-0.25, -0.2) is 4.98 Å². The molecule has 29 heavy (non-hydrogen) atoms. The molecule has 0 fully saturated rings. The lowest BCUT2D eigenvalue weighted by molar-refractivity contribution is 0.507. The number of hydrogen-bond acceptors (Lipinski definition) is 2. The standard InChI is InChI=1S/C27H38N2/c1-8-13-24-20(7)23(19(6)21(10-3)11-4)14-15-25(24)26-18-29-27(28-16-9-2)17-22(26)12-5/h8,10,14-15,17-18,20,24H,1,6,9,11-13,16H2,2-5,7H3,(H,28,29)/b21-10-. The minimum Gasteiger partial charge on any atom is -0.370 e. The Morgan fingerprint density at radius 3 is 2.59 bits per heavy atom. The van der Waals surface area contributed by atoms with Crippen LogP contribution in [-0.2, 0) is 6.42 Å². The van der Waals surface area contributed by atoms with E-state index in [-0.39, 0.29) is 0 Å². The van der Waals surface area contributed by atoms with Crippen molar-refractivity contribution in [1.82, 2.24) is 4.98 Å². The number of nitrogens with zero attached hydrogens (tertiary/aromatic N) is 1. The van der Waals surface area contributed by atoms with Gasteiger partial charge in [0, 0.05) is 12.7 Å². The number of pyridine rings is 1. The summed E-state index contributed by atoms with van der Waals surface area (Å²) in [5, 5.41) is 3.42. The van der Waals surface area contributed by atoms with Gasteiger partial charge in [0.25, 0.3) is 0 Å². The maximum absolute atomic E-state index is 4.70. The van der Waals surface area contributed by atoms with E-state index in [1.807, 2.05) is 6.08 Å². The van der Waals surface area contributed by atoms with E-state index in [2.05, 4.69) is 83.6 Å². The van der Waals surface area contributed by atoms with E-state index in [0.717, 1.165) is 38.0 Å². The Kier molecular flexibility index (Phi) is 8.70. The highest BCUT2D eigenvalue weighted by Crippen LogP contribution is 2.43. The molecule has 2 nitrogen and oxygen atoms in total. The van der Waals surface area contributed by atoms with Crippen LogP contribution in [0, 0.1) is 11.8 Å². The van der Waals surface area contributed by atoms with Crippen LogP contribution in [0.25, 0.3) is 5.57 Å². The highest BCUT2D eigenvalue weighted by Gasteiger charge is 2.29. The molecule has 2 atom stereocenters. The summed E-state index contributed by atoms with van der Waals surface area (Å²) in [6.07, 6.45) is 14.9. The summed E-state index contributed by atoms with van der Waals surface area (Å²) in [5.74, 6) is 1.76. The van der Waals surface area contributed by atoms with Gasteiger partial charge in [0.1, 0.15) is 5.82 Å². The second-order valence-corrected chi connectivity index (χ2v) is 7.82. The van der Waals surface area contributed by atoms with Gasteiger partial charge in [-0.1, -0.05) is 58.6 Å². The minimum absolute atomic E-state index is 0.390. The smallest absolute Gasteiger partial charge is 0.126 e. The Labute approximate surface area is 178 Å². The predicted molar refractivity (Wildman–Crippen MR) is 129 cm³/mol. The highest BCUT2D eigenvalue weighted by molar-refractivity contribution is 5.75. The molecule has 0 aromatic carbocycles. The minimum atomic E-state index is 0.390. The summed E-state index contributed by atoms with van der Waals surface area (Å²) in [6, 6.07) is 2.22. The van der Waals surface area contributed by atoms with Crippen LogP contribution in [0.5, 0.6) is 0 Å². The topological polar surface area (TPSA) is 24.9 Å².